The van der Waals surface area contributed by atoms with Gasteiger partial charge in [-0.25, -0.2) is 0 Å². The lowest BCUT2D eigenvalue weighted by molar-refractivity contribution is -0.384. The Kier molecular flexibility index (Phi) is 7.86. The molecule has 0 heterocycles. The molecule has 10 heteroatoms. The van der Waals surface area contributed by atoms with Gasteiger partial charge in [0.25, 0.3) is 11.6 Å². The van der Waals surface area contributed by atoms with Gasteiger partial charge in [-0.2, -0.15) is 0 Å². The van der Waals surface area contributed by atoms with Crippen molar-refractivity contribution >= 4 is 29.2 Å². The minimum absolute atomic E-state index is 0.0960. The Morgan fingerprint density at radius 3 is 2.43 bits per heavy atom. The predicted molar refractivity (Wildman–Crippen MR) is 107 cm³/mol. The van der Waals surface area contributed by atoms with Crippen molar-refractivity contribution in [1.82, 2.24) is 5.32 Å². The minimum Gasteiger partial charge on any atom is -0.494 e. The highest BCUT2D eigenvalue weighted by atomic mass is 16.6. The van der Waals surface area contributed by atoms with Gasteiger partial charge in [-0.15, -0.1) is 0 Å². The van der Waals surface area contributed by atoms with E-state index in [1.807, 2.05) is 6.07 Å². The normalized spacial score (nSPS) is 11.1. The molecule has 30 heavy (non-hydrogen) atoms. The number of amides is 2. The smallest absolute Gasteiger partial charge is 0.308 e. The van der Waals surface area contributed by atoms with Crippen LogP contribution in [0, 0.1) is 10.1 Å². The Morgan fingerprint density at radius 2 is 1.83 bits per heavy atom. The van der Waals surface area contributed by atoms with Gasteiger partial charge in [0.05, 0.1) is 36.2 Å². The summed E-state index contributed by atoms with van der Waals surface area (Å²) >= 11 is 0. The summed E-state index contributed by atoms with van der Waals surface area (Å²) in [5.74, 6) is -1.53. The first-order valence-electron chi connectivity index (χ1n) is 8.90. The fourth-order valence-corrected chi connectivity index (χ4v) is 2.64. The standard InChI is InChI=1S/C20H21N3O7/c1-13(24)21-17(14-6-4-3-5-7-14)11-20(26)30-12-19(25)22-16-9-8-15(23(27)28)10-18(16)29-2/h3-10,17H,11-12H2,1-2H3,(H,21,24)(H,22,25)/t17-/m0/s1. The van der Waals surface area contributed by atoms with Gasteiger partial charge in [0.1, 0.15) is 5.75 Å². The molecule has 0 aliphatic rings. The summed E-state index contributed by atoms with van der Waals surface area (Å²) in [5.41, 5.74) is 0.732. The molecule has 158 valence electrons. The second-order valence-electron chi connectivity index (χ2n) is 6.22. The quantitative estimate of drug-likeness (QED) is 0.364. The number of hydrogen-bond acceptors (Lipinski definition) is 7. The number of benzene rings is 2. The van der Waals surface area contributed by atoms with Gasteiger partial charge in [-0.1, -0.05) is 30.3 Å². The molecular formula is C20H21N3O7. The molecular weight excluding hydrogens is 394 g/mol. The molecule has 1 atom stereocenters. The molecule has 0 saturated carbocycles. The lowest BCUT2D eigenvalue weighted by atomic mass is 10.0. The van der Waals surface area contributed by atoms with Crippen LogP contribution in [0.1, 0.15) is 24.9 Å². The Morgan fingerprint density at radius 1 is 1.13 bits per heavy atom. The molecule has 0 unspecified atom stereocenters. The van der Waals surface area contributed by atoms with E-state index in [1.165, 1.54) is 32.2 Å². The van der Waals surface area contributed by atoms with E-state index in [0.717, 1.165) is 5.56 Å². The van der Waals surface area contributed by atoms with Crippen molar-refractivity contribution in [3.05, 3.63) is 64.2 Å². The maximum atomic E-state index is 12.2. The maximum Gasteiger partial charge on any atom is 0.308 e. The van der Waals surface area contributed by atoms with E-state index in [1.54, 1.807) is 24.3 Å². The number of non-ortho nitro benzene ring substituents is 1. The van der Waals surface area contributed by atoms with Gasteiger partial charge in [0.2, 0.25) is 5.91 Å². The van der Waals surface area contributed by atoms with Crippen LogP contribution in [0.3, 0.4) is 0 Å². The van der Waals surface area contributed by atoms with Crippen molar-refractivity contribution < 1.29 is 28.8 Å². The first-order chi connectivity index (χ1) is 14.3. The van der Waals surface area contributed by atoms with Gasteiger partial charge in [0.15, 0.2) is 6.61 Å². The molecule has 0 radical (unpaired) electrons. The molecule has 0 aliphatic carbocycles. The van der Waals surface area contributed by atoms with E-state index in [-0.39, 0.29) is 29.5 Å². The molecule has 2 aromatic rings. The zero-order valence-corrected chi connectivity index (χ0v) is 16.4. The van der Waals surface area contributed by atoms with Gasteiger partial charge < -0.3 is 20.1 Å². The molecule has 0 bridgehead atoms. The fraction of sp³-hybridized carbons (Fsp3) is 0.250. The molecule has 10 nitrogen and oxygen atoms in total. The van der Waals surface area contributed by atoms with Crippen molar-refractivity contribution in [1.29, 1.82) is 0 Å². The van der Waals surface area contributed by atoms with E-state index in [9.17, 15) is 24.5 Å². The second-order valence-corrected chi connectivity index (χ2v) is 6.22. The third kappa shape index (κ3) is 6.59. The Hall–Kier alpha value is -3.95. The van der Waals surface area contributed by atoms with Crippen LogP contribution >= 0.6 is 0 Å². The molecule has 2 N–H and O–H groups in total. The number of carbonyl (C=O) groups is 3. The first-order valence-corrected chi connectivity index (χ1v) is 8.90. The molecule has 2 rings (SSSR count). The summed E-state index contributed by atoms with van der Waals surface area (Å²) in [5, 5.41) is 16.0. The zero-order chi connectivity index (χ0) is 22.1. The van der Waals surface area contributed by atoms with Gasteiger partial charge in [-0.3, -0.25) is 24.5 Å². The van der Waals surface area contributed by atoms with Crippen LogP contribution in [0.4, 0.5) is 11.4 Å². The van der Waals surface area contributed by atoms with Crippen molar-refractivity contribution in [2.45, 2.75) is 19.4 Å². The summed E-state index contributed by atoms with van der Waals surface area (Å²) in [4.78, 5) is 45.9. The van der Waals surface area contributed by atoms with Crippen LogP contribution in [0.2, 0.25) is 0 Å². The third-order valence-corrected chi connectivity index (χ3v) is 3.98. The van der Waals surface area contributed by atoms with Gasteiger partial charge >= 0.3 is 5.97 Å². The average molecular weight is 415 g/mol. The summed E-state index contributed by atoms with van der Waals surface area (Å²) in [7, 11) is 1.31. The Bertz CT molecular complexity index is 931. The van der Waals surface area contributed by atoms with Crippen LogP contribution in [-0.2, 0) is 19.1 Å². The van der Waals surface area contributed by atoms with Crippen LogP contribution in [0.15, 0.2) is 48.5 Å². The van der Waals surface area contributed by atoms with E-state index >= 15 is 0 Å². The molecule has 0 aromatic heterocycles. The first kappa shape index (κ1) is 22.3. The van der Waals surface area contributed by atoms with Crippen LogP contribution in [0.25, 0.3) is 0 Å². The summed E-state index contributed by atoms with van der Waals surface area (Å²) < 4.78 is 10.0. The van der Waals surface area contributed by atoms with Crippen LogP contribution < -0.4 is 15.4 Å². The number of hydrogen-bond donors (Lipinski definition) is 2. The van der Waals surface area contributed by atoms with Crippen LogP contribution in [0.5, 0.6) is 5.75 Å². The van der Waals surface area contributed by atoms with Gasteiger partial charge in [-0.05, 0) is 11.6 Å². The van der Waals surface area contributed by atoms with Crippen molar-refractivity contribution in [2.24, 2.45) is 0 Å². The van der Waals surface area contributed by atoms with E-state index in [4.69, 9.17) is 9.47 Å². The third-order valence-electron chi connectivity index (χ3n) is 3.98. The second kappa shape index (κ2) is 10.6. The highest BCUT2D eigenvalue weighted by molar-refractivity contribution is 5.94. The molecule has 0 spiro atoms. The number of nitro benzene ring substituents is 1. The SMILES string of the molecule is COc1cc([N+](=O)[O-])ccc1NC(=O)COC(=O)C[C@H](NC(C)=O)c1ccccc1. The van der Waals surface area contributed by atoms with E-state index in [2.05, 4.69) is 10.6 Å². The monoisotopic (exact) mass is 415 g/mol. The number of anilines is 1. The minimum atomic E-state index is -0.677. The van der Waals surface area contributed by atoms with Crippen LogP contribution in [-0.4, -0.2) is 36.4 Å². The number of rotatable bonds is 9. The zero-order valence-electron chi connectivity index (χ0n) is 16.4. The molecule has 2 amide bonds. The fourth-order valence-electron chi connectivity index (χ4n) is 2.64. The Balaban J connectivity index is 1.94. The topological polar surface area (TPSA) is 137 Å². The number of nitrogens with zero attached hydrogens (tertiary/aromatic N) is 1. The summed E-state index contributed by atoms with van der Waals surface area (Å²) in [6, 6.07) is 12.0. The molecule has 0 aliphatic heterocycles. The van der Waals surface area contributed by atoms with E-state index in [0.29, 0.717) is 0 Å². The highest BCUT2D eigenvalue weighted by Gasteiger charge is 2.19. The summed E-state index contributed by atoms with van der Waals surface area (Å²) in [6.07, 6.45) is -0.155. The number of carbonyl (C=O) groups excluding carboxylic acids is 3. The predicted octanol–water partition coefficient (Wildman–Crippen LogP) is 2.35. The molecule has 0 saturated heterocycles. The van der Waals surface area contributed by atoms with Gasteiger partial charge in [0, 0.05) is 13.0 Å². The number of nitrogens with one attached hydrogen (secondary N) is 2. The summed E-state index contributed by atoms with van der Waals surface area (Å²) in [6.45, 7) is 0.771. The lowest BCUT2D eigenvalue weighted by Crippen LogP contribution is -2.29. The Labute approximate surface area is 172 Å². The number of ether oxygens (including phenoxy) is 2. The number of esters is 1. The highest BCUT2D eigenvalue weighted by Crippen LogP contribution is 2.28. The van der Waals surface area contributed by atoms with E-state index < -0.39 is 29.4 Å². The van der Waals surface area contributed by atoms with Crippen molar-refractivity contribution in [3.8, 4) is 5.75 Å². The van der Waals surface area contributed by atoms with Crippen molar-refractivity contribution in [2.75, 3.05) is 19.0 Å². The lowest BCUT2D eigenvalue weighted by Gasteiger charge is -2.17. The number of methoxy groups -OCH3 is 1. The molecule has 0 fully saturated rings. The largest absolute Gasteiger partial charge is 0.494 e. The number of nitro groups is 1. The molecule has 2 aromatic carbocycles. The van der Waals surface area contributed by atoms with Crippen molar-refractivity contribution in [3.63, 3.8) is 0 Å². The maximum absolute atomic E-state index is 12.2. The average Bonchev–Trinajstić information content (AvgIpc) is 2.72.